The van der Waals surface area contributed by atoms with Gasteiger partial charge in [-0.3, -0.25) is 19.7 Å². The maximum absolute atomic E-state index is 12.4. The maximum atomic E-state index is 12.4. The average Bonchev–Trinajstić information content (AvgIpc) is 2.72. The molecule has 0 radical (unpaired) electrons. The normalized spacial score (nSPS) is 13.9. The van der Waals surface area contributed by atoms with Gasteiger partial charge in [0.25, 0.3) is 11.6 Å². The summed E-state index contributed by atoms with van der Waals surface area (Å²) >= 11 is 6.02. The van der Waals surface area contributed by atoms with Crippen molar-refractivity contribution in [2.75, 3.05) is 37.6 Å². The van der Waals surface area contributed by atoms with E-state index in [-0.39, 0.29) is 23.7 Å². The fourth-order valence-electron chi connectivity index (χ4n) is 3.02. The van der Waals surface area contributed by atoms with Gasteiger partial charge >= 0.3 is 0 Å². The first-order chi connectivity index (χ1) is 13.4. The van der Waals surface area contributed by atoms with E-state index in [1.165, 1.54) is 24.3 Å². The van der Waals surface area contributed by atoms with Gasteiger partial charge < -0.3 is 15.1 Å². The van der Waals surface area contributed by atoms with Crippen LogP contribution in [0.5, 0.6) is 0 Å². The molecule has 1 fully saturated rings. The summed E-state index contributed by atoms with van der Waals surface area (Å²) < 4.78 is 0. The molecule has 0 spiro atoms. The van der Waals surface area contributed by atoms with Crippen molar-refractivity contribution in [1.29, 1.82) is 0 Å². The van der Waals surface area contributed by atoms with Gasteiger partial charge in [0.05, 0.1) is 11.5 Å². The quantitative estimate of drug-likeness (QED) is 0.611. The zero-order valence-corrected chi connectivity index (χ0v) is 15.8. The summed E-state index contributed by atoms with van der Waals surface area (Å²) in [4.78, 5) is 38.6. The Bertz CT molecular complexity index is 897. The van der Waals surface area contributed by atoms with Gasteiger partial charge in [-0.2, -0.15) is 0 Å². The number of benzene rings is 2. The van der Waals surface area contributed by atoms with Crippen LogP contribution >= 0.6 is 11.6 Å². The molecule has 0 saturated carbocycles. The van der Waals surface area contributed by atoms with Crippen LogP contribution in [-0.4, -0.2) is 54.4 Å². The Morgan fingerprint density at radius 1 is 1.07 bits per heavy atom. The lowest BCUT2D eigenvalue weighted by molar-refractivity contribution is -0.384. The van der Waals surface area contributed by atoms with E-state index < -0.39 is 10.8 Å². The highest BCUT2D eigenvalue weighted by molar-refractivity contribution is 6.30. The largest absolute Gasteiger partial charge is 0.368 e. The van der Waals surface area contributed by atoms with E-state index in [0.717, 1.165) is 5.69 Å². The number of piperazine rings is 1. The van der Waals surface area contributed by atoms with Crippen LogP contribution in [0.2, 0.25) is 5.02 Å². The molecule has 0 aliphatic carbocycles. The Morgan fingerprint density at radius 2 is 1.79 bits per heavy atom. The second-order valence-electron chi connectivity index (χ2n) is 6.34. The van der Waals surface area contributed by atoms with Gasteiger partial charge in [0.2, 0.25) is 5.91 Å². The van der Waals surface area contributed by atoms with Crippen LogP contribution in [0.4, 0.5) is 11.4 Å². The minimum atomic E-state index is -0.568. The molecule has 1 heterocycles. The molecule has 1 saturated heterocycles. The third-order valence-electron chi connectivity index (χ3n) is 4.53. The van der Waals surface area contributed by atoms with Crippen molar-refractivity contribution in [2.45, 2.75) is 0 Å². The van der Waals surface area contributed by atoms with Gasteiger partial charge in [-0.15, -0.1) is 0 Å². The average molecular weight is 403 g/mol. The Labute approximate surface area is 166 Å². The number of nitro benzene ring substituents is 1. The zero-order valence-electron chi connectivity index (χ0n) is 15.0. The van der Waals surface area contributed by atoms with Crippen LogP contribution in [0.3, 0.4) is 0 Å². The smallest absolute Gasteiger partial charge is 0.270 e. The molecule has 2 aromatic carbocycles. The van der Waals surface area contributed by atoms with Crippen molar-refractivity contribution in [1.82, 2.24) is 10.2 Å². The van der Waals surface area contributed by atoms with E-state index in [1.807, 2.05) is 24.3 Å². The predicted octanol–water partition coefficient (Wildman–Crippen LogP) is 2.33. The summed E-state index contributed by atoms with van der Waals surface area (Å²) in [5.74, 6) is -0.709. The number of halogens is 1. The SMILES string of the molecule is O=C(NCC(=O)N1CCN(c2cccc(Cl)c2)CC1)c1cccc([N+](=O)[O-])c1. The van der Waals surface area contributed by atoms with E-state index >= 15 is 0 Å². The summed E-state index contributed by atoms with van der Waals surface area (Å²) in [7, 11) is 0. The number of nitrogens with zero attached hydrogens (tertiary/aromatic N) is 3. The molecule has 0 aromatic heterocycles. The highest BCUT2D eigenvalue weighted by Crippen LogP contribution is 2.20. The molecule has 28 heavy (non-hydrogen) atoms. The standard InChI is InChI=1S/C19H19ClN4O4/c20-15-4-2-5-16(12-15)22-7-9-23(10-8-22)18(25)13-21-19(26)14-3-1-6-17(11-14)24(27)28/h1-6,11-12H,7-10,13H2,(H,21,26). The number of hydrogen-bond acceptors (Lipinski definition) is 5. The van der Waals surface area contributed by atoms with Crippen LogP contribution in [0.15, 0.2) is 48.5 Å². The van der Waals surface area contributed by atoms with E-state index in [4.69, 9.17) is 11.6 Å². The molecule has 2 amide bonds. The molecule has 2 aromatic rings. The van der Waals surface area contributed by atoms with Crippen molar-refractivity contribution in [3.05, 3.63) is 69.2 Å². The molecule has 0 atom stereocenters. The Balaban J connectivity index is 1.50. The molecule has 1 N–H and O–H groups in total. The molecular formula is C19H19ClN4O4. The topological polar surface area (TPSA) is 95.8 Å². The molecule has 0 bridgehead atoms. The number of hydrogen-bond donors (Lipinski definition) is 1. The highest BCUT2D eigenvalue weighted by Gasteiger charge is 2.22. The fourth-order valence-corrected chi connectivity index (χ4v) is 3.20. The molecule has 1 aliphatic heterocycles. The first-order valence-electron chi connectivity index (χ1n) is 8.75. The second-order valence-corrected chi connectivity index (χ2v) is 6.77. The predicted molar refractivity (Wildman–Crippen MR) is 106 cm³/mol. The Kier molecular flexibility index (Phi) is 6.10. The maximum Gasteiger partial charge on any atom is 0.270 e. The Hall–Kier alpha value is -3.13. The lowest BCUT2D eigenvalue weighted by Gasteiger charge is -2.36. The summed E-state index contributed by atoms with van der Waals surface area (Å²) in [6, 6.07) is 13.0. The van der Waals surface area contributed by atoms with Gasteiger partial charge in [0, 0.05) is 54.6 Å². The molecule has 0 unspecified atom stereocenters. The van der Waals surface area contributed by atoms with Crippen molar-refractivity contribution < 1.29 is 14.5 Å². The van der Waals surface area contributed by atoms with Crippen LogP contribution in [-0.2, 0) is 4.79 Å². The molecule has 146 valence electrons. The number of non-ortho nitro benzene ring substituents is 1. The fraction of sp³-hybridized carbons (Fsp3) is 0.263. The summed E-state index contributed by atoms with van der Waals surface area (Å²) in [5.41, 5.74) is 0.988. The molecular weight excluding hydrogens is 384 g/mol. The number of carbonyl (C=O) groups excluding carboxylic acids is 2. The van der Waals surface area contributed by atoms with Crippen LogP contribution in [0.1, 0.15) is 10.4 Å². The number of nitro groups is 1. The third-order valence-corrected chi connectivity index (χ3v) is 4.76. The van der Waals surface area contributed by atoms with Crippen molar-refractivity contribution in [3.63, 3.8) is 0 Å². The second kappa shape index (κ2) is 8.71. The van der Waals surface area contributed by atoms with Crippen molar-refractivity contribution in [3.8, 4) is 0 Å². The van der Waals surface area contributed by atoms with Crippen molar-refractivity contribution in [2.24, 2.45) is 0 Å². The lowest BCUT2D eigenvalue weighted by atomic mass is 10.2. The summed E-state index contributed by atoms with van der Waals surface area (Å²) in [6.45, 7) is 2.27. The number of carbonyl (C=O) groups is 2. The minimum Gasteiger partial charge on any atom is -0.368 e. The van der Waals surface area contributed by atoms with Gasteiger partial charge in [0.15, 0.2) is 0 Å². The number of amides is 2. The highest BCUT2D eigenvalue weighted by atomic mass is 35.5. The molecule has 1 aliphatic rings. The number of nitrogens with one attached hydrogen (secondary N) is 1. The first kappa shape index (κ1) is 19.6. The summed E-state index contributed by atoms with van der Waals surface area (Å²) in [6.07, 6.45) is 0. The lowest BCUT2D eigenvalue weighted by Crippen LogP contribution is -2.51. The van der Waals surface area contributed by atoms with E-state index in [9.17, 15) is 19.7 Å². The van der Waals surface area contributed by atoms with Gasteiger partial charge in [-0.05, 0) is 24.3 Å². The number of anilines is 1. The van der Waals surface area contributed by atoms with Gasteiger partial charge in [0.1, 0.15) is 0 Å². The van der Waals surface area contributed by atoms with E-state index in [0.29, 0.717) is 31.2 Å². The zero-order chi connectivity index (χ0) is 20.1. The first-order valence-corrected chi connectivity index (χ1v) is 9.13. The number of rotatable bonds is 5. The van der Waals surface area contributed by atoms with E-state index in [2.05, 4.69) is 10.2 Å². The monoisotopic (exact) mass is 402 g/mol. The van der Waals surface area contributed by atoms with Crippen LogP contribution < -0.4 is 10.2 Å². The van der Waals surface area contributed by atoms with Crippen LogP contribution in [0.25, 0.3) is 0 Å². The van der Waals surface area contributed by atoms with Crippen molar-refractivity contribution >= 4 is 34.8 Å². The van der Waals surface area contributed by atoms with Gasteiger partial charge in [-0.25, -0.2) is 0 Å². The molecule has 9 heteroatoms. The summed E-state index contributed by atoms with van der Waals surface area (Å²) in [5, 5.41) is 14.0. The minimum absolute atomic E-state index is 0.146. The van der Waals surface area contributed by atoms with Gasteiger partial charge in [-0.1, -0.05) is 23.7 Å². The molecule has 3 rings (SSSR count). The molecule has 8 nitrogen and oxygen atoms in total. The van der Waals surface area contributed by atoms with E-state index in [1.54, 1.807) is 4.90 Å². The van der Waals surface area contributed by atoms with Crippen LogP contribution in [0, 0.1) is 10.1 Å². The third kappa shape index (κ3) is 4.77. The Morgan fingerprint density at radius 3 is 2.46 bits per heavy atom.